The summed E-state index contributed by atoms with van der Waals surface area (Å²) in [7, 11) is 1.85. The van der Waals surface area contributed by atoms with Crippen molar-refractivity contribution in [1.29, 1.82) is 0 Å². The number of nitrogens with one attached hydrogen (secondary N) is 1. The van der Waals surface area contributed by atoms with Gasteiger partial charge in [-0.3, -0.25) is 14.0 Å². The number of nitrogens with zero attached hydrogens (tertiary/aromatic N) is 5. The number of aryl methyl sites for hydroxylation is 2. The third-order valence-corrected chi connectivity index (χ3v) is 6.76. The van der Waals surface area contributed by atoms with Gasteiger partial charge in [0.15, 0.2) is 0 Å². The minimum atomic E-state index is -0.555. The molecule has 31 heavy (non-hydrogen) atoms. The first-order valence-electron chi connectivity index (χ1n) is 10.7. The molecule has 2 fully saturated rings. The van der Waals surface area contributed by atoms with Crippen LogP contribution < -0.4 is 10.9 Å². The highest BCUT2D eigenvalue weighted by molar-refractivity contribution is 5.86. The van der Waals surface area contributed by atoms with Gasteiger partial charge in [-0.1, -0.05) is 0 Å². The summed E-state index contributed by atoms with van der Waals surface area (Å²) in [5.74, 6) is -0.555. The molecule has 8 heteroatoms. The van der Waals surface area contributed by atoms with Crippen molar-refractivity contribution in [1.82, 2.24) is 29.6 Å². The molecule has 1 N–H and O–H groups in total. The van der Waals surface area contributed by atoms with E-state index in [9.17, 15) is 4.79 Å². The summed E-state index contributed by atoms with van der Waals surface area (Å²) < 4.78 is 18.6. The zero-order valence-electron chi connectivity index (χ0n) is 17.5. The molecule has 3 aromatic heterocycles. The number of fused-ring (bicyclic) bond motifs is 2. The van der Waals surface area contributed by atoms with Crippen molar-refractivity contribution in [2.24, 2.45) is 7.05 Å². The molecule has 0 radical (unpaired) electrons. The Morgan fingerprint density at radius 2 is 2.06 bits per heavy atom. The second-order valence-corrected chi connectivity index (χ2v) is 9.02. The van der Waals surface area contributed by atoms with E-state index >= 15 is 4.39 Å². The molecule has 7 nitrogen and oxygen atoms in total. The summed E-state index contributed by atoms with van der Waals surface area (Å²) >= 11 is 0. The lowest BCUT2D eigenvalue weighted by molar-refractivity contribution is 0.281. The van der Waals surface area contributed by atoms with Gasteiger partial charge in [-0.05, 0) is 62.9 Å². The molecule has 1 saturated carbocycles. The Kier molecular flexibility index (Phi) is 3.87. The van der Waals surface area contributed by atoms with E-state index in [0.717, 1.165) is 48.8 Å². The Morgan fingerprint density at radius 1 is 1.23 bits per heavy atom. The van der Waals surface area contributed by atoms with Gasteiger partial charge < -0.3 is 5.32 Å². The third-order valence-electron chi connectivity index (χ3n) is 6.76. The molecule has 1 aliphatic heterocycles. The van der Waals surface area contributed by atoms with Crippen molar-refractivity contribution in [2.45, 2.75) is 44.2 Å². The average molecular weight is 418 g/mol. The lowest BCUT2D eigenvalue weighted by Crippen LogP contribution is -2.42. The predicted molar refractivity (Wildman–Crippen MR) is 116 cm³/mol. The maximum Gasteiger partial charge on any atom is 0.264 e. The van der Waals surface area contributed by atoms with Crippen LogP contribution in [0.1, 0.15) is 37.3 Å². The summed E-state index contributed by atoms with van der Waals surface area (Å²) in [4.78, 5) is 22.3. The number of benzene rings is 1. The molecule has 0 bridgehead atoms. The largest absolute Gasteiger partial charge is 0.311 e. The molecule has 1 unspecified atom stereocenters. The molecule has 4 aromatic rings. The SMILES string of the molecule is Cc1cc(-c2cc(F)c3c(=O)n(C4CCNC5(CC5)C4)cnc3c2)nc2cn(C)nc12. The molecule has 1 spiro atoms. The molecular weight excluding hydrogens is 395 g/mol. The van der Waals surface area contributed by atoms with Crippen molar-refractivity contribution in [3.8, 4) is 11.3 Å². The van der Waals surface area contributed by atoms with Gasteiger partial charge >= 0.3 is 0 Å². The van der Waals surface area contributed by atoms with Crippen LogP contribution in [0.4, 0.5) is 4.39 Å². The lowest BCUT2D eigenvalue weighted by atomic mass is 9.97. The number of halogens is 1. The van der Waals surface area contributed by atoms with E-state index in [-0.39, 0.29) is 22.5 Å². The van der Waals surface area contributed by atoms with Crippen molar-refractivity contribution >= 4 is 21.9 Å². The van der Waals surface area contributed by atoms with Gasteiger partial charge in [-0.2, -0.15) is 5.10 Å². The smallest absolute Gasteiger partial charge is 0.264 e. The zero-order chi connectivity index (χ0) is 21.3. The van der Waals surface area contributed by atoms with E-state index in [4.69, 9.17) is 0 Å². The van der Waals surface area contributed by atoms with E-state index in [1.807, 2.05) is 26.2 Å². The maximum absolute atomic E-state index is 15.2. The molecule has 0 amide bonds. The van der Waals surface area contributed by atoms with E-state index in [1.54, 1.807) is 21.6 Å². The number of piperidine rings is 1. The molecule has 1 saturated heterocycles. The Labute approximate surface area is 177 Å². The lowest BCUT2D eigenvalue weighted by Gasteiger charge is -2.31. The van der Waals surface area contributed by atoms with Crippen LogP contribution in [-0.4, -0.2) is 36.4 Å². The van der Waals surface area contributed by atoms with Gasteiger partial charge in [0.1, 0.15) is 22.2 Å². The number of pyridine rings is 1. The second kappa shape index (κ2) is 6.43. The van der Waals surface area contributed by atoms with Gasteiger partial charge in [-0.25, -0.2) is 14.4 Å². The van der Waals surface area contributed by atoms with Crippen LogP contribution in [0.15, 0.2) is 35.5 Å². The van der Waals surface area contributed by atoms with Crippen LogP contribution >= 0.6 is 0 Å². The number of hydrogen-bond acceptors (Lipinski definition) is 5. The fourth-order valence-corrected chi connectivity index (χ4v) is 4.94. The Balaban J connectivity index is 1.45. The zero-order valence-corrected chi connectivity index (χ0v) is 17.5. The maximum atomic E-state index is 15.2. The highest BCUT2D eigenvalue weighted by Crippen LogP contribution is 2.45. The van der Waals surface area contributed by atoms with Crippen molar-refractivity contribution in [2.75, 3.05) is 6.54 Å². The second-order valence-electron chi connectivity index (χ2n) is 9.02. The summed E-state index contributed by atoms with van der Waals surface area (Å²) in [6, 6.07) is 5.09. The number of hydrogen-bond donors (Lipinski definition) is 1. The fourth-order valence-electron chi connectivity index (χ4n) is 4.94. The molecular formula is C23H23FN6O. The van der Waals surface area contributed by atoms with Crippen LogP contribution in [0.25, 0.3) is 33.2 Å². The van der Waals surface area contributed by atoms with Crippen LogP contribution in [0.5, 0.6) is 0 Å². The monoisotopic (exact) mass is 418 g/mol. The van der Waals surface area contributed by atoms with E-state index in [1.165, 1.54) is 6.07 Å². The van der Waals surface area contributed by atoms with E-state index in [2.05, 4.69) is 20.4 Å². The molecule has 1 aromatic carbocycles. The average Bonchev–Trinajstić information content (AvgIpc) is 3.35. The predicted octanol–water partition coefficient (Wildman–Crippen LogP) is 3.25. The number of aromatic nitrogens is 5. The molecule has 2 aliphatic rings. The minimum Gasteiger partial charge on any atom is -0.311 e. The van der Waals surface area contributed by atoms with Crippen LogP contribution in [0.3, 0.4) is 0 Å². The molecule has 1 aliphatic carbocycles. The topological polar surface area (TPSA) is 77.6 Å². The first kappa shape index (κ1) is 18.6. The number of rotatable bonds is 2. The fraction of sp³-hybridized carbons (Fsp3) is 0.391. The summed E-state index contributed by atoms with van der Waals surface area (Å²) in [5.41, 5.74) is 4.00. The summed E-state index contributed by atoms with van der Waals surface area (Å²) in [5, 5.41) is 8.02. The standard InChI is InChI=1S/C23H23FN6O/c1-13-7-17(27-19-11-29(2)28-21(13)19)14-8-16(24)20-18(9-14)25-12-30(22(20)31)15-3-6-26-23(10-15)4-5-23/h7-9,11-12,15,26H,3-6,10H2,1-2H3. The quantitative estimate of drug-likeness (QED) is 0.541. The van der Waals surface area contributed by atoms with Crippen LogP contribution in [0, 0.1) is 12.7 Å². The molecule has 158 valence electrons. The van der Waals surface area contributed by atoms with Crippen molar-refractivity contribution in [3.05, 3.63) is 52.5 Å². The van der Waals surface area contributed by atoms with Gasteiger partial charge in [-0.15, -0.1) is 0 Å². The summed E-state index contributed by atoms with van der Waals surface area (Å²) in [6.45, 7) is 2.83. The van der Waals surface area contributed by atoms with Crippen molar-refractivity contribution in [3.63, 3.8) is 0 Å². The minimum absolute atomic E-state index is 0.0498. The molecule has 4 heterocycles. The third kappa shape index (κ3) is 2.96. The van der Waals surface area contributed by atoms with Gasteiger partial charge in [0, 0.05) is 24.2 Å². The van der Waals surface area contributed by atoms with Gasteiger partial charge in [0.2, 0.25) is 0 Å². The normalized spacial score (nSPS) is 20.0. The van der Waals surface area contributed by atoms with Crippen molar-refractivity contribution < 1.29 is 4.39 Å². The first-order valence-corrected chi connectivity index (χ1v) is 10.7. The highest BCUT2D eigenvalue weighted by atomic mass is 19.1. The summed E-state index contributed by atoms with van der Waals surface area (Å²) in [6.07, 6.45) is 7.46. The van der Waals surface area contributed by atoms with Crippen LogP contribution in [-0.2, 0) is 7.05 Å². The van der Waals surface area contributed by atoms with Gasteiger partial charge in [0.05, 0.1) is 23.7 Å². The molecule has 1 atom stereocenters. The van der Waals surface area contributed by atoms with E-state index < -0.39 is 5.82 Å². The highest BCUT2D eigenvalue weighted by Gasteiger charge is 2.46. The van der Waals surface area contributed by atoms with Gasteiger partial charge in [0.25, 0.3) is 5.56 Å². The van der Waals surface area contributed by atoms with Crippen LogP contribution in [0.2, 0.25) is 0 Å². The Hall–Kier alpha value is -3.13. The Bertz CT molecular complexity index is 1420. The Morgan fingerprint density at radius 3 is 2.87 bits per heavy atom. The van der Waals surface area contributed by atoms with E-state index in [0.29, 0.717) is 16.8 Å². The molecule has 6 rings (SSSR count). The first-order chi connectivity index (χ1) is 14.9.